The number of benzene rings is 1. The molecule has 8 heteroatoms. The topological polar surface area (TPSA) is 84.3 Å². The van der Waals surface area contributed by atoms with Gasteiger partial charge in [0.15, 0.2) is 0 Å². The van der Waals surface area contributed by atoms with E-state index in [0.717, 1.165) is 5.75 Å². The highest BCUT2D eigenvalue weighted by Gasteiger charge is 2.14. The molecule has 0 saturated heterocycles. The maximum Gasteiger partial charge on any atom is 0.329 e. The summed E-state index contributed by atoms with van der Waals surface area (Å²) in [4.78, 5) is 21.8. The lowest BCUT2D eigenvalue weighted by molar-refractivity contribution is -0.384. The van der Waals surface area contributed by atoms with Gasteiger partial charge in [-0.25, -0.2) is 4.79 Å². The smallest absolute Gasteiger partial charge is 0.306 e. The van der Waals surface area contributed by atoms with Crippen LogP contribution in [0.4, 0.5) is 16.2 Å². The fourth-order valence-electron chi connectivity index (χ4n) is 1.19. The predicted octanol–water partition coefficient (Wildman–Crippen LogP) is 4.06. The van der Waals surface area contributed by atoms with Crippen molar-refractivity contribution >= 4 is 41.0 Å². The molecule has 110 valence electrons. The van der Waals surface area contributed by atoms with Crippen LogP contribution in [0.25, 0.3) is 0 Å². The Morgan fingerprint density at radius 2 is 2.10 bits per heavy atom. The van der Waals surface area contributed by atoms with Crippen LogP contribution in [0.15, 0.2) is 18.2 Å². The number of anilines is 1. The SMILES string of the molecule is CC(C)(C)CSNC(=O)Nc1cc([N+](=O)[O-])ccc1Cl. The third-order valence-electron chi connectivity index (χ3n) is 2.08. The van der Waals surface area contributed by atoms with Crippen LogP contribution in [0, 0.1) is 15.5 Å². The largest absolute Gasteiger partial charge is 0.329 e. The van der Waals surface area contributed by atoms with E-state index in [9.17, 15) is 14.9 Å². The molecule has 0 heterocycles. The average molecular weight is 318 g/mol. The molecule has 1 rings (SSSR count). The molecule has 2 amide bonds. The van der Waals surface area contributed by atoms with Crippen LogP contribution < -0.4 is 10.0 Å². The monoisotopic (exact) mass is 317 g/mol. The van der Waals surface area contributed by atoms with E-state index in [-0.39, 0.29) is 21.8 Å². The Morgan fingerprint density at radius 3 is 2.65 bits per heavy atom. The molecule has 0 atom stereocenters. The van der Waals surface area contributed by atoms with Crippen molar-refractivity contribution in [3.05, 3.63) is 33.3 Å². The number of carbonyl (C=O) groups excluding carboxylic acids is 1. The van der Waals surface area contributed by atoms with E-state index in [2.05, 4.69) is 30.8 Å². The van der Waals surface area contributed by atoms with Gasteiger partial charge in [-0.1, -0.05) is 32.4 Å². The highest BCUT2D eigenvalue weighted by atomic mass is 35.5. The Labute approximate surface area is 126 Å². The number of halogens is 1. The fourth-order valence-corrected chi connectivity index (χ4v) is 2.04. The minimum Gasteiger partial charge on any atom is -0.306 e. The van der Waals surface area contributed by atoms with Gasteiger partial charge in [-0.2, -0.15) is 0 Å². The van der Waals surface area contributed by atoms with Gasteiger partial charge in [0.2, 0.25) is 0 Å². The number of carbonyl (C=O) groups is 1. The number of nitro groups is 1. The van der Waals surface area contributed by atoms with Crippen LogP contribution >= 0.6 is 23.5 Å². The first-order valence-electron chi connectivity index (χ1n) is 5.82. The molecule has 6 nitrogen and oxygen atoms in total. The number of nitrogens with one attached hydrogen (secondary N) is 2. The number of non-ortho nitro benzene ring substituents is 1. The van der Waals surface area contributed by atoms with E-state index in [1.165, 1.54) is 30.1 Å². The molecular weight excluding hydrogens is 302 g/mol. The number of nitrogens with zero attached hydrogens (tertiary/aromatic N) is 1. The van der Waals surface area contributed by atoms with E-state index in [0.29, 0.717) is 0 Å². The number of rotatable bonds is 4. The molecule has 2 N–H and O–H groups in total. The minimum atomic E-state index is -0.548. The molecule has 0 unspecified atom stereocenters. The van der Waals surface area contributed by atoms with Gasteiger partial charge in [0.1, 0.15) is 0 Å². The molecule has 0 saturated carbocycles. The van der Waals surface area contributed by atoms with Crippen molar-refractivity contribution in [1.29, 1.82) is 0 Å². The van der Waals surface area contributed by atoms with E-state index < -0.39 is 11.0 Å². The van der Waals surface area contributed by atoms with Gasteiger partial charge in [-0.3, -0.25) is 14.8 Å². The van der Waals surface area contributed by atoms with Crippen molar-refractivity contribution in [1.82, 2.24) is 4.72 Å². The van der Waals surface area contributed by atoms with E-state index in [4.69, 9.17) is 11.6 Å². The van der Waals surface area contributed by atoms with Gasteiger partial charge in [0, 0.05) is 17.9 Å². The quantitative estimate of drug-likeness (QED) is 0.498. The van der Waals surface area contributed by atoms with Crippen molar-refractivity contribution in [3.8, 4) is 0 Å². The second-order valence-corrected chi connectivity index (χ2v) is 6.52. The third kappa shape index (κ3) is 5.66. The van der Waals surface area contributed by atoms with Crippen LogP contribution in [0.5, 0.6) is 0 Å². The van der Waals surface area contributed by atoms with Gasteiger partial charge < -0.3 is 5.32 Å². The molecule has 20 heavy (non-hydrogen) atoms. The number of nitro benzene ring substituents is 1. The summed E-state index contributed by atoms with van der Waals surface area (Å²) in [6.07, 6.45) is 0. The highest BCUT2D eigenvalue weighted by Crippen LogP contribution is 2.26. The first-order valence-corrected chi connectivity index (χ1v) is 7.18. The van der Waals surface area contributed by atoms with E-state index in [1.807, 2.05) is 0 Å². The van der Waals surface area contributed by atoms with Crippen LogP contribution in [0.2, 0.25) is 5.02 Å². The lowest BCUT2D eigenvalue weighted by Crippen LogP contribution is -2.25. The van der Waals surface area contributed by atoms with Crippen molar-refractivity contribution in [2.45, 2.75) is 20.8 Å². The van der Waals surface area contributed by atoms with Crippen LogP contribution in [0.1, 0.15) is 20.8 Å². The standard InChI is InChI=1S/C12H16ClN3O3S/c1-12(2,3)7-20-15-11(17)14-10-6-8(16(18)19)4-5-9(10)13/h4-6H,7H2,1-3H3,(H2,14,15,17). The normalized spacial score (nSPS) is 11.0. The zero-order valence-electron chi connectivity index (χ0n) is 11.4. The predicted molar refractivity (Wildman–Crippen MR) is 82.2 cm³/mol. The van der Waals surface area contributed by atoms with Crippen molar-refractivity contribution < 1.29 is 9.72 Å². The summed E-state index contributed by atoms with van der Waals surface area (Å²) in [6.45, 7) is 6.16. The Morgan fingerprint density at radius 1 is 1.45 bits per heavy atom. The molecule has 1 aromatic carbocycles. The van der Waals surface area contributed by atoms with Crippen LogP contribution in [-0.4, -0.2) is 16.7 Å². The van der Waals surface area contributed by atoms with Crippen molar-refractivity contribution in [2.24, 2.45) is 5.41 Å². The van der Waals surface area contributed by atoms with Gasteiger partial charge in [0.05, 0.1) is 15.6 Å². The minimum absolute atomic E-state index is 0.0844. The fraction of sp³-hybridized carbons (Fsp3) is 0.417. The van der Waals surface area contributed by atoms with E-state index >= 15 is 0 Å². The summed E-state index contributed by atoms with van der Waals surface area (Å²) in [5.41, 5.74) is 0.156. The summed E-state index contributed by atoms with van der Waals surface area (Å²) >= 11 is 7.14. The summed E-state index contributed by atoms with van der Waals surface area (Å²) in [6, 6.07) is 3.40. The number of hydrogen-bond donors (Lipinski definition) is 2. The molecule has 0 spiro atoms. The van der Waals surface area contributed by atoms with Gasteiger partial charge >= 0.3 is 6.03 Å². The average Bonchev–Trinajstić information content (AvgIpc) is 2.30. The molecule has 0 radical (unpaired) electrons. The second kappa shape index (κ2) is 6.81. The summed E-state index contributed by atoms with van der Waals surface area (Å²) < 4.78 is 2.60. The molecule has 0 aromatic heterocycles. The number of amides is 2. The maximum absolute atomic E-state index is 11.7. The molecular formula is C12H16ClN3O3S. The Balaban J connectivity index is 2.62. The number of urea groups is 1. The van der Waals surface area contributed by atoms with Gasteiger partial charge in [-0.05, 0) is 23.4 Å². The van der Waals surface area contributed by atoms with Crippen LogP contribution in [-0.2, 0) is 0 Å². The lowest BCUT2D eigenvalue weighted by atomic mass is 10.0. The first-order chi connectivity index (χ1) is 9.19. The Bertz CT molecular complexity index is 517. The number of hydrogen-bond acceptors (Lipinski definition) is 4. The molecule has 0 aliphatic carbocycles. The zero-order valence-corrected chi connectivity index (χ0v) is 13.0. The van der Waals surface area contributed by atoms with Crippen molar-refractivity contribution in [3.63, 3.8) is 0 Å². The van der Waals surface area contributed by atoms with E-state index in [1.54, 1.807) is 0 Å². The summed E-state index contributed by atoms with van der Waals surface area (Å²) in [7, 11) is 0. The first kappa shape index (κ1) is 16.6. The molecule has 1 aromatic rings. The Kier molecular flexibility index (Phi) is 5.64. The molecule has 0 bridgehead atoms. The van der Waals surface area contributed by atoms with Gasteiger partial charge in [0.25, 0.3) is 5.69 Å². The molecule has 0 aliphatic rings. The lowest BCUT2D eigenvalue weighted by Gasteiger charge is -2.17. The zero-order chi connectivity index (χ0) is 15.3. The van der Waals surface area contributed by atoms with Crippen LogP contribution in [0.3, 0.4) is 0 Å². The highest BCUT2D eigenvalue weighted by molar-refractivity contribution is 7.97. The summed E-state index contributed by atoms with van der Waals surface area (Å²) in [5, 5.41) is 13.4. The second-order valence-electron chi connectivity index (χ2n) is 5.33. The molecule has 0 aliphatic heterocycles. The van der Waals surface area contributed by atoms with Crippen molar-refractivity contribution in [2.75, 3.05) is 11.1 Å². The summed E-state index contributed by atoms with van der Waals surface area (Å²) in [5.74, 6) is 0.739. The third-order valence-corrected chi connectivity index (χ3v) is 3.75. The maximum atomic E-state index is 11.7. The van der Waals surface area contributed by atoms with Gasteiger partial charge in [-0.15, -0.1) is 0 Å². The molecule has 0 fully saturated rings. The Hall–Kier alpha value is -1.47.